The average molecular weight is 319 g/mol. The molecule has 2 amide bonds. The summed E-state index contributed by atoms with van der Waals surface area (Å²) < 4.78 is -0.771. The van der Waals surface area contributed by atoms with Gasteiger partial charge in [-0.25, -0.2) is 0 Å². The predicted octanol–water partition coefficient (Wildman–Crippen LogP) is -0.105. The fourth-order valence-electron chi connectivity index (χ4n) is 1.37. The summed E-state index contributed by atoms with van der Waals surface area (Å²) in [5, 5.41) is 11.6. The Balaban J connectivity index is 4.30. The minimum Gasteiger partial charge on any atom is -0.480 e. The highest BCUT2D eigenvalue weighted by molar-refractivity contribution is 8.01. The van der Waals surface area contributed by atoms with Crippen LogP contribution in [0.1, 0.15) is 27.2 Å². The number of nitrogens with one attached hydrogen (secondary N) is 1. The molecule has 0 aliphatic carbocycles. The van der Waals surface area contributed by atoms with Gasteiger partial charge in [-0.1, -0.05) is 6.92 Å². The molecule has 8 heteroatoms. The summed E-state index contributed by atoms with van der Waals surface area (Å²) in [6.07, 6.45) is 0.834. The molecule has 0 unspecified atom stereocenters. The van der Waals surface area contributed by atoms with E-state index in [0.717, 1.165) is 6.42 Å². The number of carboxylic acid groups (broad SMARTS) is 1. The van der Waals surface area contributed by atoms with E-state index in [1.807, 2.05) is 6.92 Å². The molecule has 0 aromatic carbocycles. The van der Waals surface area contributed by atoms with Crippen LogP contribution in [0.25, 0.3) is 0 Å². The van der Waals surface area contributed by atoms with Gasteiger partial charge in [0.25, 0.3) is 0 Å². The monoisotopic (exact) mass is 319 g/mol. The van der Waals surface area contributed by atoms with Crippen LogP contribution in [0.4, 0.5) is 0 Å². The molecule has 0 aliphatic heterocycles. The number of hydrogen-bond donors (Lipinski definition) is 3. The van der Waals surface area contributed by atoms with Crippen molar-refractivity contribution in [2.45, 2.75) is 38.0 Å². The average Bonchev–Trinajstić information content (AvgIpc) is 2.41. The second-order valence-electron chi connectivity index (χ2n) is 5.31. The molecule has 0 rings (SSSR count). The third-order valence-electron chi connectivity index (χ3n) is 2.96. The summed E-state index contributed by atoms with van der Waals surface area (Å²) >= 11 is 1.17. The quantitative estimate of drug-likeness (QED) is 0.547. The number of carbonyl (C=O) groups is 3. The van der Waals surface area contributed by atoms with Crippen LogP contribution in [0.2, 0.25) is 0 Å². The highest BCUT2D eigenvalue weighted by atomic mass is 32.2. The fourth-order valence-corrected chi connectivity index (χ4v) is 2.37. The lowest BCUT2D eigenvalue weighted by Crippen LogP contribution is -2.47. The lowest BCUT2D eigenvalue weighted by Gasteiger charge is -2.28. The van der Waals surface area contributed by atoms with Gasteiger partial charge in [0, 0.05) is 18.3 Å². The number of nitrogens with two attached hydrogens (primary N) is 1. The van der Waals surface area contributed by atoms with Crippen LogP contribution < -0.4 is 11.1 Å². The molecule has 21 heavy (non-hydrogen) atoms. The number of carbonyl (C=O) groups excluding carboxylic acids is 2. The number of aliphatic carboxylic acids is 1. The van der Waals surface area contributed by atoms with Crippen molar-refractivity contribution in [1.29, 1.82) is 0 Å². The summed E-state index contributed by atoms with van der Waals surface area (Å²) in [5.41, 5.74) is 5.58. The normalized spacial score (nSPS) is 12.6. The SMILES string of the molecule is CCCNC(=O)CN(C)C(=O)CSC(C)(C)[C@H](N)C(=O)O. The highest BCUT2D eigenvalue weighted by Gasteiger charge is 2.33. The van der Waals surface area contributed by atoms with Gasteiger partial charge in [-0.2, -0.15) is 0 Å². The van der Waals surface area contributed by atoms with Crippen molar-refractivity contribution in [3.05, 3.63) is 0 Å². The number of rotatable bonds is 9. The number of thioether (sulfide) groups is 1. The Bertz CT molecular complexity index is 388. The topological polar surface area (TPSA) is 113 Å². The summed E-state index contributed by atoms with van der Waals surface area (Å²) in [6, 6.07) is -1.06. The lowest BCUT2D eigenvalue weighted by atomic mass is 10.1. The lowest BCUT2D eigenvalue weighted by molar-refractivity contribution is -0.139. The summed E-state index contributed by atoms with van der Waals surface area (Å²) in [6.45, 7) is 5.87. The number of likely N-dealkylation sites (N-methyl/N-ethyl adjacent to an activating group) is 1. The first kappa shape index (κ1) is 19.7. The van der Waals surface area contributed by atoms with Crippen molar-refractivity contribution in [2.75, 3.05) is 25.9 Å². The van der Waals surface area contributed by atoms with E-state index in [9.17, 15) is 14.4 Å². The van der Waals surface area contributed by atoms with E-state index in [1.165, 1.54) is 16.7 Å². The molecule has 122 valence electrons. The maximum Gasteiger partial charge on any atom is 0.321 e. The van der Waals surface area contributed by atoms with E-state index < -0.39 is 16.8 Å². The molecule has 1 atom stereocenters. The van der Waals surface area contributed by atoms with Crippen LogP contribution in [0.5, 0.6) is 0 Å². The van der Waals surface area contributed by atoms with E-state index >= 15 is 0 Å². The number of nitrogens with zero attached hydrogens (tertiary/aromatic N) is 1. The van der Waals surface area contributed by atoms with Gasteiger partial charge in [0.15, 0.2) is 0 Å². The van der Waals surface area contributed by atoms with Gasteiger partial charge in [-0.05, 0) is 20.3 Å². The fraction of sp³-hybridized carbons (Fsp3) is 0.769. The third kappa shape index (κ3) is 7.33. The van der Waals surface area contributed by atoms with Crippen LogP contribution in [0, 0.1) is 0 Å². The van der Waals surface area contributed by atoms with Crippen molar-refractivity contribution >= 4 is 29.5 Å². The summed E-state index contributed by atoms with van der Waals surface area (Å²) in [7, 11) is 1.54. The maximum atomic E-state index is 11.9. The van der Waals surface area contributed by atoms with E-state index in [2.05, 4.69) is 5.32 Å². The number of hydrogen-bond acceptors (Lipinski definition) is 5. The molecule has 0 aromatic heterocycles. The molecule has 0 fully saturated rings. The van der Waals surface area contributed by atoms with Crippen LogP contribution in [-0.4, -0.2) is 64.5 Å². The molecule has 0 aliphatic rings. The zero-order valence-corrected chi connectivity index (χ0v) is 13.8. The first-order valence-corrected chi connectivity index (χ1v) is 7.73. The summed E-state index contributed by atoms with van der Waals surface area (Å²) in [4.78, 5) is 35.6. The van der Waals surface area contributed by atoms with E-state index in [4.69, 9.17) is 10.8 Å². The number of carboxylic acids is 1. The van der Waals surface area contributed by atoms with Crippen LogP contribution >= 0.6 is 11.8 Å². The second kappa shape index (κ2) is 8.89. The molecular formula is C13H25N3O4S. The molecule has 7 nitrogen and oxygen atoms in total. The number of amides is 2. The molecule has 0 aromatic rings. The first-order valence-electron chi connectivity index (χ1n) is 6.74. The Kier molecular flexibility index (Phi) is 8.34. The van der Waals surface area contributed by atoms with Crippen molar-refractivity contribution in [3.8, 4) is 0 Å². The third-order valence-corrected chi connectivity index (χ3v) is 4.35. The molecule has 0 saturated carbocycles. The second-order valence-corrected chi connectivity index (χ2v) is 6.94. The zero-order chi connectivity index (χ0) is 16.6. The Labute approximate surface area is 129 Å². The largest absolute Gasteiger partial charge is 0.480 e. The van der Waals surface area contributed by atoms with Crippen LogP contribution in [0.3, 0.4) is 0 Å². The van der Waals surface area contributed by atoms with Crippen molar-refractivity contribution in [3.63, 3.8) is 0 Å². The Morgan fingerprint density at radius 2 is 1.95 bits per heavy atom. The van der Waals surface area contributed by atoms with E-state index in [-0.39, 0.29) is 24.1 Å². The van der Waals surface area contributed by atoms with Gasteiger partial charge in [0.05, 0.1) is 12.3 Å². The molecule has 4 N–H and O–H groups in total. The van der Waals surface area contributed by atoms with Gasteiger partial charge < -0.3 is 21.1 Å². The molecule has 0 bridgehead atoms. The minimum absolute atomic E-state index is 0.00912. The van der Waals surface area contributed by atoms with E-state index in [0.29, 0.717) is 6.54 Å². The van der Waals surface area contributed by atoms with Crippen molar-refractivity contribution in [2.24, 2.45) is 5.73 Å². The predicted molar refractivity (Wildman–Crippen MR) is 83.1 cm³/mol. The van der Waals surface area contributed by atoms with Crippen LogP contribution in [-0.2, 0) is 14.4 Å². The van der Waals surface area contributed by atoms with Gasteiger partial charge in [0.2, 0.25) is 11.8 Å². The van der Waals surface area contributed by atoms with Crippen molar-refractivity contribution in [1.82, 2.24) is 10.2 Å². The molecule has 0 heterocycles. The van der Waals surface area contributed by atoms with Crippen molar-refractivity contribution < 1.29 is 19.5 Å². The molecular weight excluding hydrogens is 294 g/mol. The first-order chi connectivity index (χ1) is 9.61. The molecule has 0 saturated heterocycles. The van der Waals surface area contributed by atoms with Gasteiger partial charge in [-0.3, -0.25) is 14.4 Å². The van der Waals surface area contributed by atoms with Crippen LogP contribution in [0.15, 0.2) is 0 Å². The Morgan fingerprint density at radius 3 is 2.43 bits per heavy atom. The molecule has 0 radical (unpaired) electrons. The minimum atomic E-state index is -1.10. The van der Waals surface area contributed by atoms with Gasteiger partial charge >= 0.3 is 5.97 Å². The standard InChI is InChI=1S/C13H25N3O4S/c1-5-6-15-9(17)7-16(4)10(18)8-21-13(2,3)11(14)12(19)20/h11H,5-8,14H2,1-4H3,(H,15,17)(H,19,20)/t11-/m1/s1. The Morgan fingerprint density at radius 1 is 1.38 bits per heavy atom. The molecule has 0 spiro atoms. The van der Waals surface area contributed by atoms with E-state index in [1.54, 1.807) is 20.9 Å². The smallest absolute Gasteiger partial charge is 0.321 e. The zero-order valence-electron chi connectivity index (χ0n) is 13.0. The summed E-state index contributed by atoms with van der Waals surface area (Å²) in [5.74, 6) is -1.48. The highest BCUT2D eigenvalue weighted by Crippen LogP contribution is 2.27. The van der Waals surface area contributed by atoms with Gasteiger partial charge in [0.1, 0.15) is 6.04 Å². The Hall–Kier alpha value is -1.28. The van der Waals surface area contributed by atoms with Gasteiger partial charge in [-0.15, -0.1) is 11.8 Å². The maximum absolute atomic E-state index is 11.9.